The Balaban J connectivity index is 1.66. The second-order valence-electron chi connectivity index (χ2n) is 6.59. The van der Waals surface area contributed by atoms with Crippen molar-refractivity contribution in [2.75, 3.05) is 18.5 Å². The zero-order chi connectivity index (χ0) is 20.8. The Hall–Kier alpha value is -3.48. The van der Waals surface area contributed by atoms with Crippen LogP contribution in [0.15, 0.2) is 59.4 Å². The first kappa shape index (κ1) is 20.3. The Morgan fingerprint density at radius 3 is 2.24 bits per heavy atom. The van der Waals surface area contributed by atoms with E-state index in [1.54, 1.807) is 42.9 Å². The first-order valence-electron chi connectivity index (χ1n) is 9.50. The van der Waals surface area contributed by atoms with Crippen LogP contribution in [-0.4, -0.2) is 28.5 Å². The molecule has 0 unspecified atom stereocenters. The number of amides is 1. The van der Waals surface area contributed by atoms with Gasteiger partial charge < -0.3 is 14.8 Å². The number of carbonyl (C=O) groups is 1. The summed E-state index contributed by atoms with van der Waals surface area (Å²) in [5.74, 6) is 0.905. The topological polar surface area (TPSA) is 74.5 Å². The molecule has 0 aliphatic carbocycles. The van der Waals surface area contributed by atoms with Gasteiger partial charge in [-0.15, -0.1) is 0 Å². The second-order valence-corrected chi connectivity index (χ2v) is 6.59. The Kier molecular flexibility index (Phi) is 6.39. The number of hydrogen-bond acceptors (Lipinski definition) is 4. The molecule has 0 aliphatic heterocycles. The van der Waals surface area contributed by atoms with E-state index in [1.807, 2.05) is 37.3 Å². The summed E-state index contributed by atoms with van der Waals surface area (Å²) in [7, 11) is 1.78. The Morgan fingerprint density at radius 2 is 1.62 bits per heavy atom. The van der Waals surface area contributed by atoms with Gasteiger partial charge in [0.15, 0.2) is 6.61 Å². The Bertz CT molecular complexity index is 1020. The van der Waals surface area contributed by atoms with Crippen molar-refractivity contribution < 1.29 is 14.3 Å². The number of carbonyl (C=O) groups excluding carboxylic acids is 1. The van der Waals surface area contributed by atoms with Gasteiger partial charge in [0.25, 0.3) is 11.5 Å². The fourth-order valence-electron chi connectivity index (χ4n) is 2.89. The van der Waals surface area contributed by atoms with Crippen molar-refractivity contribution in [2.45, 2.75) is 20.3 Å². The molecule has 0 atom stereocenters. The predicted octanol–water partition coefficient (Wildman–Crippen LogP) is 3.29. The minimum Gasteiger partial charge on any atom is -0.494 e. The molecule has 2 aromatic carbocycles. The molecule has 0 aliphatic rings. The molecule has 1 N–H and O–H groups in total. The highest BCUT2D eigenvalue weighted by Crippen LogP contribution is 2.18. The van der Waals surface area contributed by atoms with Crippen LogP contribution in [0.4, 0.5) is 5.69 Å². The molecule has 1 aromatic heterocycles. The van der Waals surface area contributed by atoms with Gasteiger partial charge in [-0.1, -0.05) is 25.1 Å². The van der Waals surface area contributed by atoms with Crippen LogP contribution in [0.5, 0.6) is 11.5 Å². The number of nitrogens with zero attached hydrogens (tertiary/aromatic N) is 2. The third-order valence-corrected chi connectivity index (χ3v) is 4.49. The zero-order valence-corrected chi connectivity index (χ0v) is 16.8. The largest absolute Gasteiger partial charge is 0.494 e. The summed E-state index contributed by atoms with van der Waals surface area (Å²) >= 11 is 0. The van der Waals surface area contributed by atoms with Crippen molar-refractivity contribution in [1.82, 2.24) is 9.36 Å². The minimum atomic E-state index is -0.401. The monoisotopic (exact) mass is 395 g/mol. The molecule has 1 heterocycles. The van der Waals surface area contributed by atoms with Crippen molar-refractivity contribution in [2.24, 2.45) is 7.05 Å². The van der Waals surface area contributed by atoms with E-state index in [0.29, 0.717) is 18.1 Å². The molecule has 0 bridgehead atoms. The molecular weight excluding hydrogens is 370 g/mol. The molecule has 1 amide bonds. The van der Waals surface area contributed by atoms with E-state index < -0.39 is 5.91 Å². The molecule has 0 spiro atoms. The summed E-state index contributed by atoms with van der Waals surface area (Å²) in [4.78, 5) is 25.2. The molecule has 152 valence electrons. The number of ether oxygens (including phenoxy) is 2. The maximum Gasteiger partial charge on any atom is 0.295 e. The summed E-state index contributed by atoms with van der Waals surface area (Å²) in [5.41, 5.74) is 1.34. The third-order valence-electron chi connectivity index (χ3n) is 4.49. The van der Waals surface area contributed by atoms with Crippen molar-refractivity contribution in [3.8, 4) is 17.2 Å². The maximum absolute atomic E-state index is 12.8. The fourth-order valence-corrected chi connectivity index (χ4v) is 2.89. The van der Waals surface area contributed by atoms with Gasteiger partial charge in [-0.05, 0) is 49.7 Å². The van der Waals surface area contributed by atoms with Crippen LogP contribution in [0.3, 0.4) is 0 Å². The number of rotatable bonds is 8. The van der Waals surface area contributed by atoms with Gasteiger partial charge in [0.2, 0.25) is 0 Å². The Labute approximate surface area is 169 Å². The van der Waals surface area contributed by atoms with Crippen molar-refractivity contribution in [1.29, 1.82) is 0 Å². The molecule has 0 saturated carbocycles. The summed E-state index contributed by atoms with van der Waals surface area (Å²) in [5, 5.41) is 2.68. The number of benzene rings is 2. The lowest BCUT2D eigenvalue weighted by Gasteiger charge is -2.08. The number of hydrogen-bond donors (Lipinski definition) is 1. The van der Waals surface area contributed by atoms with Gasteiger partial charge in [0, 0.05) is 7.05 Å². The minimum absolute atomic E-state index is 0.200. The van der Waals surface area contributed by atoms with Gasteiger partial charge in [-0.25, -0.2) is 4.68 Å². The molecule has 7 heteroatoms. The van der Waals surface area contributed by atoms with Gasteiger partial charge in [-0.3, -0.25) is 14.3 Å². The molecular formula is C22H25N3O4. The third kappa shape index (κ3) is 4.68. The van der Waals surface area contributed by atoms with Crippen LogP contribution in [0.1, 0.15) is 19.0 Å². The van der Waals surface area contributed by atoms with E-state index in [9.17, 15) is 9.59 Å². The summed E-state index contributed by atoms with van der Waals surface area (Å²) in [6.07, 6.45) is 0.934. The van der Waals surface area contributed by atoms with Gasteiger partial charge in [-0.2, -0.15) is 0 Å². The van der Waals surface area contributed by atoms with E-state index in [0.717, 1.165) is 17.9 Å². The van der Waals surface area contributed by atoms with Gasteiger partial charge in [0.1, 0.15) is 17.2 Å². The molecule has 29 heavy (non-hydrogen) atoms. The van der Waals surface area contributed by atoms with Crippen LogP contribution in [0, 0.1) is 6.92 Å². The number of aromatic nitrogens is 2. The SMILES string of the molecule is CCCOc1ccc(OCC(=O)Nc2c(C)n(C)n(-c3ccccc3)c2=O)cc1. The van der Waals surface area contributed by atoms with E-state index in [-0.39, 0.29) is 17.9 Å². The van der Waals surface area contributed by atoms with Crippen molar-refractivity contribution in [3.05, 3.63) is 70.6 Å². The summed E-state index contributed by atoms with van der Waals surface area (Å²) in [6.45, 7) is 4.28. The summed E-state index contributed by atoms with van der Waals surface area (Å²) < 4.78 is 14.3. The van der Waals surface area contributed by atoms with Crippen LogP contribution < -0.4 is 20.3 Å². The smallest absolute Gasteiger partial charge is 0.295 e. The lowest BCUT2D eigenvalue weighted by Crippen LogP contribution is -2.25. The zero-order valence-electron chi connectivity index (χ0n) is 16.8. The maximum atomic E-state index is 12.8. The van der Waals surface area contributed by atoms with Crippen molar-refractivity contribution >= 4 is 11.6 Å². The quantitative estimate of drug-likeness (QED) is 0.635. The van der Waals surface area contributed by atoms with E-state index in [2.05, 4.69) is 5.32 Å². The average Bonchev–Trinajstić information content (AvgIpc) is 2.95. The lowest BCUT2D eigenvalue weighted by molar-refractivity contribution is -0.118. The van der Waals surface area contributed by atoms with Crippen LogP contribution >= 0.6 is 0 Å². The number of para-hydroxylation sites is 1. The standard InChI is InChI=1S/C22H25N3O4/c1-4-14-28-18-10-12-19(13-11-18)29-15-20(26)23-21-16(2)24(3)25(22(21)27)17-8-6-5-7-9-17/h5-13H,4,14-15H2,1-3H3,(H,23,26). The molecule has 0 saturated heterocycles. The normalized spacial score (nSPS) is 10.6. The highest BCUT2D eigenvalue weighted by molar-refractivity contribution is 5.92. The molecule has 0 radical (unpaired) electrons. The lowest BCUT2D eigenvalue weighted by atomic mass is 10.3. The van der Waals surface area contributed by atoms with E-state index >= 15 is 0 Å². The average molecular weight is 395 g/mol. The van der Waals surface area contributed by atoms with Crippen LogP contribution in [-0.2, 0) is 11.8 Å². The highest BCUT2D eigenvalue weighted by atomic mass is 16.5. The number of nitrogens with one attached hydrogen (secondary N) is 1. The fraction of sp³-hybridized carbons (Fsp3) is 0.273. The van der Waals surface area contributed by atoms with Crippen LogP contribution in [0.2, 0.25) is 0 Å². The second kappa shape index (κ2) is 9.14. The molecule has 3 aromatic rings. The predicted molar refractivity (Wildman–Crippen MR) is 112 cm³/mol. The van der Waals surface area contributed by atoms with Gasteiger partial charge in [0.05, 0.1) is 18.0 Å². The first-order valence-corrected chi connectivity index (χ1v) is 9.50. The van der Waals surface area contributed by atoms with E-state index in [1.165, 1.54) is 4.68 Å². The summed E-state index contributed by atoms with van der Waals surface area (Å²) in [6, 6.07) is 16.3. The Morgan fingerprint density at radius 1 is 1.00 bits per heavy atom. The molecule has 7 nitrogen and oxygen atoms in total. The number of anilines is 1. The molecule has 3 rings (SSSR count). The molecule has 0 fully saturated rings. The first-order chi connectivity index (χ1) is 14.0. The van der Waals surface area contributed by atoms with Gasteiger partial charge >= 0.3 is 0 Å². The highest BCUT2D eigenvalue weighted by Gasteiger charge is 2.18. The van der Waals surface area contributed by atoms with Crippen LogP contribution in [0.25, 0.3) is 5.69 Å². The van der Waals surface area contributed by atoms with Crippen molar-refractivity contribution in [3.63, 3.8) is 0 Å². The van der Waals surface area contributed by atoms with E-state index in [4.69, 9.17) is 9.47 Å².